The molecule has 25 aromatic rings. The number of allylic oxidation sites excluding steroid dienone is 1. The fraction of sp³-hybridized carbons (Fsp3) is 0.0177. The summed E-state index contributed by atoms with van der Waals surface area (Å²) in [6, 6.07) is 134. The molecular formula is C113H64N2. The van der Waals surface area contributed by atoms with E-state index >= 15 is 0 Å². The highest BCUT2D eigenvalue weighted by Gasteiger charge is 2.40. The van der Waals surface area contributed by atoms with Gasteiger partial charge in [-0.3, -0.25) is 0 Å². The van der Waals surface area contributed by atoms with Crippen LogP contribution in [0.25, 0.3) is 245 Å². The number of nitrogens with zero attached hydrogens (tertiary/aromatic N) is 2. The lowest BCUT2D eigenvalue weighted by molar-refractivity contribution is 0.994. The van der Waals surface area contributed by atoms with Crippen LogP contribution in [0.5, 0.6) is 0 Å². The van der Waals surface area contributed by atoms with Gasteiger partial charge in [-0.25, -0.2) is 0 Å². The van der Waals surface area contributed by atoms with Crippen molar-refractivity contribution in [2.24, 2.45) is 0 Å². The first-order valence-electron chi connectivity index (χ1n) is 40.3. The fourth-order valence-electron chi connectivity index (χ4n) is 22.4. The third-order valence-electron chi connectivity index (χ3n) is 26.8. The van der Waals surface area contributed by atoms with Crippen molar-refractivity contribution in [3.8, 4) is 50.2 Å². The number of anilines is 2. The molecule has 1 unspecified atom stereocenters. The molecule has 0 saturated carbocycles. The van der Waals surface area contributed by atoms with Gasteiger partial charge in [-0.05, 0) is 290 Å². The van der Waals surface area contributed by atoms with Gasteiger partial charge in [0.25, 0.3) is 0 Å². The van der Waals surface area contributed by atoms with Crippen LogP contribution in [-0.4, -0.2) is 10.6 Å². The molecule has 24 aromatic carbocycles. The van der Waals surface area contributed by atoms with E-state index in [2.05, 4.69) is 386 Å². The van der Waals surface area contributed by atoms with E-state index in [1.54, 1.807) is 0 Å². The fourth-order valence-corrected chi connectivity index (χ4v) is 22.4. The molecule has 115 heavy (non-hydrogen) atoms. The van der Waals surface area contributed by atoms with Crippen LogP contribution in [0.4, 0.5) is 11.4 Å². The molecule has 526 valence electrons. The minimum atomic E-state index is -0.184. The predicted molar refractivity (Wildman–Crippen MR) is 493 cm³/mol. The normalized spacial score (nSPS) is 14.0. The molecule has 1 atom stereocenters. The number of aromatic nitrogens is 1. The molecule has 0 bridgehead atoms. The lowest BCUT2D eigenvalue weighted by Crippen LogP contribution is -2.26. The third-order valence-corrected chi connectivity index (χ3v) is 26.8. The van der Waals surface area contributed by atoms with Crippen molar-refractivity contribution in [2.45, 2.75) is 13.0 Å². The number of fused-ring (bicyclic) bond motifs is 25. The van der Waals surface area contributed by atoms with Gasteiger partial charge in [0, 0.05) is 33.3 Å². The van der Waals surface area contributed by atoms with Crippen molar-refractivity contribution >= 4 is 206 Å². The Morgan fingerprint density at radius 2 is 0.678 bits per heavy atom. The largest absolute Gasteiger partial charge is 0.329 e. The second kappa shape index (κ2) is 22.7. The van der Waals surface area contributed by atoms with Gasteiger partial charge in [0.2, 0.25) is 0 Å². The van der Waals surface area contributed by atoms with Crippen LogP contribution >= 0.6 is 0 Å². The molecule has 0 N–H and O–H groups in total. The quantitative estimate of drug-likeness (QED) is 0.114. The highest BCUT2D eigenvalue weighted by Crippen LogP contribution is 2.61. The van der Waals surface area contributed by atoms with Gasteiger partial charge in [-0.1, -0.05) is 303 Å². The molecule has 1 aromatic heterocycles. The SMILES string of the molecule is Cc1ccccc1N1c2cc3c4c(-c5ccccc5)c5cc6c7ccccc7c7cccc(c5c(-c5ccccc5)c4c4cccc(c2C2=C=CC(c5cccc8c9cc%10c(-c%11ccccc%11)c%11c%12cc%13c(c%14cccc(c%11c(-c%11ccccc%11)c%10c%10cccc(c58)c9%10)c%12%14)c5ccccc5n%13-c5ccc8ccccc8c5)=CC21)c34)c76. The van der Waals surface area contributed by atoms with Crippen LogP contribution in [0, 0.1) is 6.92 Å². The Kier molecular flexibility index (Phi) is 12.2. The molecule has 2 heterocycles. The number of rotatable bonds is 7. The van der Waals surface area contributed by atoms with Gasteiger partial charge in [-0.2, -0.15) is 0 Å². The summed E-state index contributed by atoms with van der Waals surface area (Å²) in [4.78, 5) is 2.67. The second-order valence-electron chi connectivity index (χ2n) is 32.3. The number of benzene rings is 20. The van der Waals surface area contributed by atoms with Crippen LogP contribution in [-0.2, 0) is 0 Å². The first-order valence-corrected chi connectivity index (χ1v) is 40.3. The molecule has 27 rings (SSSR count). The summed E-state index contributed by atoms with van der Waals surface area (Å²) in [7, 11) is 0. The van der Waals surface area contributed by atoms with Crippen LogP contribution in [0.3, 0.4) is 0 Å². The van der Waals surface area contributed by atoms with Crippen molar-refractivity contribution in [2.75, 3.05) is 4.90 Å². The van der Waals surface area contributed by atoms with Crippen molar-refractivity contribution in [3.63, 3.8) is 0 Å². The van der Waals surface area contributed by atoms with Gasteiger partial charge in [-0.15, -0.1) is 5.73 Å². The molecule has 0 saturated heterocycles. The zero-order valence-corrected chi connectivity index (χ0v) is 62.6. The maximum atomic E-state index is 4.20. The summed E-state index contributed by atoms with van der Waals surface area (Å²) in [5.41, 5.74) is 26.1. The topological polar surface area (TPSA) is 8.17 Å². The third kappa shape index (κ3) is 8.03. The highest BCUT2D eigenvalue weighted by atomic mass is 15.2. The summed E-state index contributed by atoms with van der Waals surface area (Å²) in [5, 5.41) is 40.9. The zero-order chi connectivity index (χ0) is 74.7. The second-order valence-corrected chi connectivity index (χ2v) is 32.3. The summed E-state index contributed by atoms with van der Waals surface area (Å²) in [6.07, 6.45) is 4.91. The smallest absolute Gasteiger partial charge is 0.0863 e. The molecule has 0 spiro atoms. The Hall–Kier alpha value is -14.9. The highest BCUT2D eigenvalue weighted by molar-refractivity contribution is 6.49. The maximum absolute atomic E-state index is 4.20. The van der Waals surface area contributed by atoms with E-state index in [0.717, 1.165) is 11.3 Å². The van der Waals surface area contributed by atoms with Gasteiger partial charge in [0.15, 0.2) is 0 Å². The van der Waals surface area contributed by atoms with Crippen molar-refractivity contribution < 1.29 is 0 Å². The van der Waals surface area contributed by atoms with Gasteiger partial charge in [0.05, 0.1) is 22.8 Å². The van der Waals surface area contributed by atoms with Gasteiger partial charge >= 0.3 is 0 Å². The van der Waals surface area contributed by atoms with Crippen molar-refractivity contribution in [1.82, 2.24) is 4.57 Å². The summed E-state index contributed by atoms with van der Waals surface area (Å²) < 4.78 is 2.53. The first kappa shape index (κ1) is 61.8. The minimum Gasteiger partial charge on any atom is -0.329 e. The summed E-state index contributed by atoms with van der Waals surface area (Å²) in [5.74, 6) is 0. The molecule has 0 radical (unpaired) electrons. The Bertz CT molecular complexity index is 8740. The lowest BCUT2D eigenvalue weighted by Gasteiger charge is -2.29. The number of hydrogen-bond donors (Lipinski definition) is 0. The predicted octanol–water partition coefficient (Wildman–Crippen LogP) is 31.0. The van der Waals surface area contributed by atoms with E-state index in [1.807, 2.05) is 0 Å². The van der Waals surface area contributed by atoms with E-state index in [-0.39, 0.29) is 6.04 Å². The first-order chi connectivity index (χ1) is 57.1. The maximum Gasteiger partial charge on any atom is 0.0863 e. The average Bonchev–Trinajstić information content (AvgIpc) is 1.51. The van der Waals surface area contributed by atoms with E-state index in [1.165, 1.54) is 262 Å². The molecule has 0 fully saturated rings. The monoisotopic (exact) mass is 1450 g/mol. The van der Waals surface area contributed by atoms with Crippen molar-refractivity contribution in [1.29, 1.82) is 0 Å². The van der Waals surface area contributed by atoms with Gasteiger partial charge in [0.1, 0.15) is 0 Å². The Labute approximate surface area is 660 Å². The Morgan fingerprint density at radius 1 is 0.243 bits per heavy atom. The molecule has 1 aliphatic carbocycles. The number of aryl methyl sites for hydroxylation is 1. The molecule has 2 nitrogen and oxygen atoms in total. The Morgan fingerprint density at radius 3 is 1.30 bits per heavy atom. The average molecular weight is 1450 g/mol. The van der Waals surface area contributed by atoms with Crippen molar-refractivity contribution in [3.05, 3.63) is 386 Å². The van der Waals surface area contributed by atoms with Crippen LogP contribution in [0.2, 0.25) is 0 Å². The van der Waals surface area contributed by atoms with E-state index in [4.69, 9.17) is 0 Å². The zero-order valence-electron chi connectivity index (χ0n) is 62.6. The minimum absolute atomic E-state index is 0.184. The molecule has 1 aliphatic heterocycles. The molecular weight excluding hydrogens is 1390 g/mol. The van der Waals surface area contributed by atoms with Crippen LogP contribution in [0.1, 0.15) is 16.7 Å². The van der Waals surface area contributed by atoms with E-state index < -0.39 is 0 Å². The standard InChI is InChI=1S/C113H64N2/c1-63-27-14-20-51-92(63)115-94-58-70(54-56-78(94)107-81-46-26-50-85-105(81)91(62-96(107)115)113-97(65-29-6-2-7-30-65)88-59-86-74-39-18-17-38-73(74)75-42-23-47-82(102(75)86)108(88)99(110(85)113)67-33-10-4-11-34-67)72-41-22-43-76-87-60-89-98(66-31-8-3-9-32-66)112-90-61-95-106(77-40-19-21-52-93(77)114(95)71-55-53-64-28-15-16-37-69(64)57-71)80-45-25-49-84(104(80)90)111(112)100(68-35-12-5-13-36-68)109(89)83-48-24-44-79(101(72)76)103(83)87/h2-55,57-62,94H,1H3. The molecule has 0 amide bonds. The van der Waals surface area contributed by atoms with Crippen LogP contribution in [0.15, 0.2) is 370 Å². The van der Waals surface area contributed by atoms with Crippen LogP contribution < -0.4 is 4.90 Å². The molecule has 2 heteroatoms. The van der Waals surface area contributed by atoms with E-state index in [0.29, 0.717) is 0 Å². The molecule has 2 aliphatic rings. The summed E-state index contributed by atoms with van der Waals surface area (Å²) >= 11 is 0. The van der Waals surface area contributed by atoms with E-state index in [9.17, 15) is 0 Å². The summed E-state index contributed by atoms with van der Waals surface area (Å²) in [6.45, 7) is 2.29. The number of hydrogen-bond acceptors (Lipinski definition) is 1. The Balaban J connectivity index is 0.724. The number of para-hydroxylation sites is 2. The van der Waals surface area contributed by atoms with Gasteiger partial charge < -0.3 is 9.47 Å². The lowest BCUT2D eigenvalue weighted by atomic mass is 9.84.